The summed E-state index contributed by atoms with van der Waals surface area (Å²) in [4.78, 5) is 21.5. The number of hydrogen-bond donors (Lipinski definition) is 2. The van der Waals surface area contributed by atoms with E-state index in [1.54, 1.807) is 12.1 Å². The standard InChI is InChI=1S/C23H33N5O2/c1-4-24-23(25-17-20(18(2)3)26-19-9-6-5-7-10-19)28-14-12-27(13-15-28)22(29)21-11-8-16-30-21/h5-11,16,18,20,26H,4,12-15,17H2,1-3H3,(H,24,25). The molecular formula is C23H33N5O2. The molecule has 3 rings (SSSR count). The maximum Gasteiger partial charge on any atom is 0.289 e. The smallest absolute Gasteiger partial charge is 0.289 e. The van der Waals surface area contributed by atoms with E-state index in [1.165, 1.54) is 6.26 Å². The van der Waals surface area contributed by atoms with Gasteiger partial charge in [-0.1, -0.05) is 32.0 Å². The van der Waals surface area contributed by atoms with Gasteiger partial charge in [0.1, 0.15) is 0 Å². The molecule has 1 aromatic heterocycles. The minimum absolute atomic E-state index is 0.0477. The Morgan fingerprint density at radius 3 is 2.37 bits per heavy atom. The van der Waals surface area contributed by atoms with E-state index in [4.69, 9.17) is 9.41 Å². The molecular weight excluding hydrogens is 378 g/mol. The van der Waals surface area contributed by atoms with Crippen LogP contribution in [-0.2, 0) is 0 Å². The lowest BCUT2D eigenvalue weighted by Crippen LogP contribution is -2.54. The average Bonchev–Trinajstić information content (AvgIpc) is 3.31. The van der Waals surface area contributed by atoms with Gasteiger partial charge in [0.05, 0.1) is 12.8 Å². The first-order chi connectivity index (χ1) is 14.6. The van der Waals surface area contributed by atoms with Gasteiger partial charge >= 0.3 is 0 Å². The molecule has 1 unspecified atom stereocenters. The molecule has 0 aliphatic carbocycles. The van der Waals surface area contributed by atoms with E-state index in [0.29, 0.717) is 31.3 Å². The molecule has 2 N–H and O–H groups in total. The molecule has 2 aromatic rings. The third-order valence-corrected chi connectivity index (χ3v) is 5.30. The lowest BCUT2D eigenvalue weighted by molar-refractivity contribution is 0.0657. The van der Waals surface area contributed by atoms with Gasteiger partial charge in [-0.2, -0.15) is 0 Å². The number of aliphatic imine (C=N–C) groups is 1. The molecule has 1 atom stereocenters. The molecule has 1 amide bonds. The van der Waals surface area contributed by atoms with Crippen molar-refractivity contribution < 1.29 is 9.21 Å². The highest BCUT2D eigenvalue weighted by molar-refractivity contribution is 5.91. The van der Waals surface area contributed by atoms with E-state index < -0.39 is 0 Å². The first-order valence-corrected chi connectivity index (χ1v) is 10.8. The number of rotatable bonds is 7. The zero-order chi connectivity index (χ0) is 21.3. The maximum absolute atomic E-state index is 12.5. The van der Waals surface area contributed by atoms with E-state index in [9.17, 15) is 4.79 Å². The third-order valence-electron chi connectivity index (χ3n) is 5.30. The van der Waals surface area contributed by atoms with E-state index in [2.05, 4.69) is 48.4 Å². The number of amides is 1. The minimum Gasteiger partial charge on any atom is -0.459 e. The zero-order valence-electron chi connectivity index (χ0n) is 18.2. The predicted molar refractivity (Wildman–Crippen MR) is 121 cm³/mol. The number of piperazine rings is 1. The Morgan fingerprint density at radius 1 is 1.07 bits per heavy atom. The summed E-state index contributed by atoms with van der Waals surface area (Å²) in [7, 11) is 0. The Hall–Kier alpha value is -2.96. The molecule has 1 aliphatic rings. The summed E-state index contributed by atoms with van der Waals surface area (Å²) in [6.07, 6.45) is 1.54. The summed E-state index contributed by atoms with van der Waals surface area (Å²) < 4.78 is 5.25. The fourth-order valence-corrected chi connectivity index (χ4v) is 3.46. The van der Waals surface area contributed by atoms with Gasteiger partial charge in [0.15, 0.2) is 11.7 Å². The van der Waals surface area contributed by atoms with Gasteiger partial charge in [-0.05, 0) is 37.1 Å². The molecule has 1 saturated heterocycles. The second kappa shape index (κ2) is 10.7. The van der Waals surface area contributed by atoms with Crippen LogP contribution in [0.1, 0.15) is 31.3 Å². The third kappa shape index (κ3) is 5.78. The second-order valence-corrected chi connectivity index (χ2v) is 7.81. The molecule has 162 valence electrons. The van der Waals surface area contributed by atoms with Crippen molar-refractivity contribution in [2.24, 2.45) is 10.9 Å². The van der Waals surface area contributed by atoms with Crippen LogP contribution in [0.15, 0.2) is 58.1 Å². The number of furan rings is 1. The number of guanidine groups is 1. The van der Waals surface area contributed by atoms with Crippen molar-refractivity contribution in [2.75, 3.05) is 44.6 Å². The molecule has 0 saturated carbocycles. The maximum atomic E-state index is 12.5. The number of para-hydroxylation sites is 1. The van der Waals surface area contributed by atoms with Gasteiger partial charge < -0.3 is 24.9 Å². The molecule has 7 heteroatoms. The van der Waals surface area contributed by atoms with E-state index in [1.807, 2.05) is 23.1 Å². The molecule has 1 aliphatic heterocycles. The van der Waals surface area contributed by atoms with Crippen LogP contribution in [0.25, 0.3) is 0 Å². The minimum atomic E-state index is -0.0477. The fourth-order valence-electron chi connectivity index (χ4n) is 3.46. The van der Waals surface area contributed by atoms with E-state index >= 15 is 0 Å². The average molecular weight is 412 g/mol. The summed E-state index contributed by atoms with van der Waals surface area (Å²) in [5, 5.41) is 7.01. The molecule has 30 heavy (non-hydrogen) atoms. The van der Waals surface area contributed by atoms with Gasteiger partial charge in [0.2, 0.25) is 0 Å². The fraction of sp³-hybridized carbons (Fsp3) is 0.478. The Kier molecular flexibility index (Phi) is 7.76. The number of carbonyl (C=O) groups is 1. The van der Waals surface area contributed by atoms with Crippen LogP contribution in [0.5, 0.6) is 0 Å². The normalized spacial score (nSPS) is 15.9. The number of anilines is 1. The Labute approximate surface area is 179 Å². The van der Waals surface area contributed by atoms with Crippen molar-refractivity contribution in [1.82, 2.24) is 15.1 Å². The van der Waals surface area contributed by atoms with Crippen molar-refractivity contribution in [1.29, 1.82) is 0 Å². The van der Waals surface area contributed by atoms with Crippen molar-refractivity contribution in [2.45, 2.75) is 26.8 Å². The number of nitrogens with zero attached hydrogens (tertiary/aromatic N) is 3. The van der Waals surface area contributed by atoms with Gasteiger partial charge in [-0.25, -0.2) is 0 Å². The van der Waals surface area contributed by atoms with Crippen LogP contribution in [0.3, 0.4) is 0 Å². The zero-order valence-corrected chi connectivity index (χ0v) is 18.2. The lowest BCUT2D eigenvalue weighted by Gasteiger charge is -2.36. The van der Waals surface area contributed by atoms with Crippen molar-refractivity contribution in [3.05, 3.63) is 54.5 Å². The highest BCUT2D eigenvalue weighted by Crippen LogP contribution is 2.14. The molecule has 1 aromatic carbocycles. The summed E-state index contributed by atoms with van der Waals surface area (Å²) in [5.74, 6) is 1.70. The predicted octanol–water partition coefficient (Wildman–Crippen LogP) is 3.14. The highest BCUT2D eigenvalue weighted by atomic mass is 16.3. The molecule has 0 spiro atoms. The Morgan fingerprint density at radius 2 is 1.77 bits per heavy atom. The largest absolute Gasteiger partial charge is 0.459 e. The number of benzene rings is 1. The molecule has 2 heterocycles. The Bertz CT molecular complexity index is 796. The SMILES string of the molecule is CCNC(=NCC(Nc1ccccc1)C(C)C)N1CCN(C(=O)c2ccco2)CC1. The van der Waals surface area contributed by atoms with Gasteiger partial charge in [-0.15, -0.1) is 0 Å². The van der Waals surface area contributed by atoms with Crippen LogP contribution < -0.4 is 10.6 Å². The Balaban J connectivity index is 1.60. The van der Waals surface area contributed by atoms with Crippen LogP contribution in [0.4, 0.5) is 5.69 Å². The van der Waals surface area contributed by atoms with Crippen LogP contribution in [-0.4, -0.2) is 67.0 Å². The summed E-state index contributed by atoms with van der Waals surface area (Å²) in [6.45, 7) is 10.8. The number of carbonyl (C=O) groups excluding carboxylic acids is 1. The van der Waals surface area contributed by atoms with Crippen molar-refractivity contribution >= 4 is 17.6 Å². The van der Waals surface area contributed by atoms with E-state index in [0.717, 1.165) is 31.3 Å². The first kappa shape index (κ1) is 21.7. The number of nitrogens with one attached hydrogen (secondary N) is 2. The highest BCUT2D eigenvalue weighted by Gasteiger charge is 2.25. The van der Waals surface area contributed by atoms with Crippen molar-refractivity contribution in [3.8, 4) is 0 Å². The van der Waals surface area contributed by atoms with E-state index in [-0.39, 0.29) is 11.9 Å². The van der Waals surface area contributed by atoms with Crippen LogP contribution in [0.2, 0.25) is 0 Å². The summed E-state index contributed by atoms with van der Waals surface area (Å²) in [5.41, 5.74) is 1.11. The van der Waals surface area contributed by atoms with Crippen molar-refractivity contribution in [3.63, 3.8) is 0 Å². The topological polar surface area (TPSA) is 73.1 Å². The van der Waals surface area contributed by atoms with Gasteiger partial charge in [-0.3, -0.25) is 9.79 Å². The van der Waals surface area contributed by atoms with Crippen LogP contribution in [0, 0.1) is 5.92 Å². The van der Waals surface area contributed by atoms with Gasteiger partial charge in [0.25, 0.3) is 5.91 Å². The monoisotopic (exact) mass is 411 g/mol. The van der Waals surface area contributed by atoms with Gasteiger partial charge in [0, 0.05) is 44.5 Å². The lowest BCUT2D eigenvalue weighted by atomic mass is 10.0. The number of hydrogen-bond acceptors (Lipinski definition) is 4. The van der Waals surface area contributed by atoms with Crippen LogP contribution >= 0.6 is 0 Å². The molecule has 7 nitrogen and oxygen atoms in total. The quantitative estimate of drug-likeness (QED) is 0.541. The summed E-state index contributed by atoms with van der Waals surface area (Å²) >= 11 is 0. The first-order valence-electron chi connectivity index (χ1n) is 10.8. The molecule has 0 radical (unpaired) electrons. The molecule has 0 bridgehead atoms. The molecule has 1 fully saturated rings. The summed E-state index contributed by atoms with van der Waals surface area (Å²) in [6, 6.07) is 14.0. The second-order valence-electron chi connectivity index (χ2n) is 7.81.